The molecule has 0 aromatic heterocycles. The molecular weight excluding hydrogens is 166 g/mol. The summed E-state index contributed by atoms with van der Waals surface area (Å²) in [6.45, 7) is 0. The Labute approximate surface area is 65.8 Å². The second-order valence-corrected chi connectivity index (χ2v) is 5.08. The maximum absolute atomic E-state index is 10.7. The minimum absolute atomic E-state index is 0.103. The van der Waals surface area contributed by atoms with Gasteiger partial charge in [0.25, 0.3) is 0 Å². The lowest BCUT2D eigenvalue weighted by atomic mass is 10.3. The summed E-state index contributed by atoms with van der Waals surface area (Å²) in [6, 6.07) is 0. The summed E-state index contributed by atoms with van der Waals surface area (Å²) in [4.78, 5) is 0. The first kappa shape index (κ1) is 8.52. The van der Waals surface area contributed by atoms with E-state index in [0.717, 1.165) is 19.1 Å². The molecule has 0 amide bonds. The summed E-state index contributed by atoms with van der Waals surface area (Å²) in [5.41, 5.74) is 0.410. The molecule has 1 fully saturated rings. The summed E-state index contributed by atoms with van der Waals surface area (Å²) < 4.78 is 21.5. The molecule has 0 saturated heterocycles. The minimum atomic E-state index is -3.03. The number of nitrogens with zero attached hydrogens (tertiary/aromatic N) is 1. The van der Waals surface area contributed by atoms with Gasteiger partial charge in [-0.1, -0.05) is 5.16 Å². The highest BCUT2D eigenvalue weighted by Gasteiger charge is 2.29. The average molecular weight is 177 g/mol. The average Bonchev–Trinajstić information content (AvgIpc) is 2.61. The van der Waals surface area contributed by atoms with Crippen molar-refractivity contribution in [3.8, 4) is 0 Å². The Hall–Kier alpha value is -0.580. The number of rotatable bonds is 3. The Balaban J connectivity index is 2.59. The van der Waals surface area contributed by atoms with Gasteiger partial charge in [0, 0.05) is 12.2 Å². The van der Waals surface area contributed by atoms with Gasteiger partial charge in [-0.05, 0) is 12.8 Å². The first-order chi connectivity index (χ1) is 5.03. The second kappa shape index (κ2) is 2.81. The van der Waals surface area contributed by atoms with Crippen molar-refractivity contribution in [1.29, 1.82) is 0 Å². The van der Waals surface area contributed by atoms with Crippen LogP contribution in [-0.2, 0) is 9.84 Å². The molecule has 1 saturated carbocycles. The molecule has 1 aliphatic rings. The van der Waals surface area contributed by atoms with Crippen molar-refractivity contribution in [2.45, 2.75) is 12.8 Å². The smallest absolute Gasteiger partial charge is 0.152 e. The molecule has 0 spiro atoms. The fraction of sp³-hybridized carbons (Fsp3) is 0.833. The summed E-state index contributed by atoms with van der Waals surface area (Å²) in [5.74, 6) is 0.114. The molecule has 0 atom stereocenters. The van der Waals surface area contributed by atoms with Gasteiger partial charge < -0.3 is 5.21 Å². The van der Waals surface area contributed by atoms with Crippen LogP contribution in [0, 0.1) is 5.92 Å². The predicted molar refractivity (Wildman–Crippen MR) is 41.7 cm³/mol. The molecule has 0 radical (unpaired) electrons. The van der Waals surface area contributed by atoms with Crippen molar-refractivity contribution in [3.05, 3.63) is 0 Å². The molecule has 1 N–H and O–H groups in total. The Kier molecular flexibility index (Phi) is 2.17. The van der Waals surface area contributed by atoms with Gasteiger partial charge in [-0.15, -0.1) is 0 Å². The van der Waals surface area contributed by atoms with Crippen LogP contribution in [0.3, 0.4) is 0 Å². The molecule has 0 heterocycles. The summed E-state index contributed by atoms with van der Waals surface area (Å²) in [5, 5.41) is 11.4. The SMILES string of the molecule is CS(=O)(=O)C/C(=N/O)C1CC1. The van der Waals surface area contributed by atoms with E-state index in [1.807, 2.05) is 0 Å². The highest BCUT2D eigenvalue weighted by Crippen LogP contribution is 2.30. The zero-order valence-electron chi connectivity index (χ0n) is 6.32. The lowest BCUT2D eigenvalue weighted by Crippen LogP contribution is -2.16. The Bertz CT molecular complexity index is 264. The fourth-order valence-electron chi connectivity index (χ4n) is 0.914. The maximum atomic E-state index is 10.7. The standard InChI is InChI=1S/C6H11NO3S/c1-11(9,10)4-6(7-8)5-2-3-5/h5,8H,2-4H2,1H3/b7-6-. The molecule has 0 unspecified atom stereocenters. The van der Waals surface area contributed by atoms with E-state index in [1.54, 1.807) is 0 Å². The maximum Gasteiger partial charge on any atom is 0.152 e. The van der Waals surface area contributed by atoms with Gasteiger partial charge in [-0.2, -0.15) is 0 Å². The van der Waals surface area contributed by atoms with Crippen LogP contribution in [0.5, 0.6) is 0 Å². The molecule has 0 aliphatic heterocycles. The van der Waals surface area contributed by atoms with E-state index >= 15 is 0 Å². The zero-order valence-corrected chi connectivity index (χ0v) is 7.13. The molecule has 0 bridgehead atoms. The van der Waals surface area contributed by atoms with Crippen LogP contribution in [0.1, 0.15) is 12.8 Å². The first-order valence-corrected chi connectivity index (χ1v) is 5.47. The highest BCUT2D eigenvalue weighted by atomic mass is 32.2. The second-order valence-electron chi connectivity index (χ2n) is 2.94. The number of sulfone groups is 1. The third-order valence-electron chi connectivity index (χ3n) is 1.59. The van der Waals surface area contributed by atoms with E-state index in [1.165, 1.54) is 0 Å². The third kappa shape index (κ3) is 2.88. The van der Waals surface area contributed by atoms with Crippen LogP contribution in [0.4, 0.5) is 0 Å². The Morgan fingerprint density at radius 1 is 1.64 bits per heavy atom. The van der Waals surface area contributed by atoms with Gasteiger partial charge in [-0.25, -0.2) is 8.42 Å². The summed E-state index contributed by atoms with van der Waals surface area (Å²) >= 11 is 0. The predicted octanol–water partition coefficient (Wildman–Crippen LogP) is 0.271. The summed E-state index contributed by atoms with van der Waals surface area (Å²) in [7, 11) is -3.03. The van der Waals surface area contributed by atoms with Crippen LogP contribution in [0.15, 0.2) is 5.16 Å². The van der Waals surface area contributed by atoms with Crippen LogP contribution in [0.2, 0.25) is 0 Å². The van der Waals surface area contributed by atoms with Gasteiger partial charge in [-0.3, -0.25) is 0 Å². The van der Waals surface area contributed by atoms with Gasteiger partial charge in [0.1, 0.15) is 0 Å². The number of hydrogen-bond donors (Lipinski definition) is 1. The monoisotopic (exact) mass is 177 g/mol. The van der Waals surface area contributed by atoms with Gasteiger partial charge in [0.2, 0.25) is 0 Å². The zero-order chi connectivity index (χ0) is 8.48. The van der Waals surface area contributed by atoms with E-state index in [4.69, 9.17) is 5.21 Å². The molecule has 1 aliphatic carbocycles. The molecule has 1 rings (SSSR count). The molecule has 0 aromatic carbocycles. The van der Waals surface area contributed by atoms with Crippen LogP contribution < -0.4 is 0 Å². The van der Waals surface area contributed by atoms with Crippen molar-refractivity contribution >= 4 is 15.5 Å². The quantitative estimate of drug-likeness (QED) is 0.382. The summed E-state index contributed by atoms with van der Waals surface area (Å²) in [6.07, 6.45) is 3.05. The van der Waals surface area contributed by atoms with E-state index in [9.17, 15) is 8.42 Å². The van der Waals surface area contributed by atoms with Crippen molar-refractivity contribution in [1.82, 2.24) is 0 Å². The van der Waals surface area contributed by atoms with E-state index in [0.29, 0.717) is 5.71 Å². The van der Waals surface area contributed by atoms with E-state index in [-0.39, 0.29) is 11.7 Å². The molecule has 0 aromatic rings. The first-order valence-electron chi connectivity index (χ1n) is 3.41. The third-order valence-corrected chi connectivity index (χ3v) is 2.41. The normalized spacial score (nSPS) is 20.3. The fourth-order valence-corrected chi connectivity index (χ4v) is 1.74. The molecule has 4 nitrogen and oxygen atoms in total. The lowest BCUT2D eigenvalue weighted by molar-refractivity contribution is 0.317. The van der Waals surface area contributed by atoms with E-state index < -0.39 is 9.84 Å². The number of oxime groups is 1. The van der Waals surface area contributed by atoms with Crippen LogP contribution in [-0.4, -0.2) is 31.3 Å². The van der Waals surface area contributed by atoms with Crippen LogP contribution in [0.25, 0.3) is 0 Å². The van der Waals surface area contributed by atoms with Crippen molar-refractivity contribution in [2.24, 2.45) is 11.1 Å². The largest absolute Gasteiger partial charge is 0.411 e. The minimum Gasteiger partial charge on any atom is -0.411 e. The van der Waals surface area contributed by atoms with Gasteiger partial charge in [0.15, 0.2) is 9.84 Å². The van der Waals surface area contributed by atoms with Crippen molar-refractivity contribution in [2.75, 3.05) is 12.0 Å². The Morgan fingerprint density at radius 2 is 2.18 bits per heavy atom. The van der Waals surface area contributed by atoms with E-state index in [2.05, 4.69) is 5.16 Å². The Morgan fingerprint density at radius 3 is 2.45 bits per heavy atom. The molecule has 11 heavy (non-hydrogen) atoms. The van der Waals surface area contributed by atoms with Gasteiger partial charge >= 0.3 is 0 Å². The lowest BCUT2D eigenvalue weighted by Gasteiger charge is -1.98. The molecule has 64 valence electrons. The highest BCUT2D eigenvalue weighted by molar-refractivity contribution is 7.91. The van der Waals surface area contributed by atoms with Gasteiger partial charge in [0.05, 0.1) is 11.5 Å². The molecule has 5 heteroatoms. The van der Waals surface area contributed by atoms with Crippen LogP contribution >= 0.6 is 0 Å². The number of hydrogen-bond acceptors (Lipinski definition) is 4. The molecular formula is C6H11NO3S. The van der Waals surface area contributed by atoms with Crippen molar-refractivity contribution in [3.63, 3.8) is 0 Å². The van der Waals surface area contributed by atoms with Crippen molar-refractivity contribution < 1.29 is 13.6 Å². The topological polar surface area (TPSA) is 66.7 Å².